The smallest absolute Gasteiger partial charge is 0.252 e. The molecule has 0 bridgehead atoms. The van der Waals surface area contributed by atoms with E-state index in [0.29, 0.717) is 11.8 Å². The van der Waals surface area contributed by atoms with Gasteiger partial charge in [0, 0.05) is 22.4 Å². The van der Waals surface area contributed by atoms with Crippen LogP contribution in [0, 0.1) is 5.92 Å². The van der Waals surface area contributed by atoms with Crippen molar-refractivity contribution >= 4 is 40.7 Å². The van der Waals surface area contributed by atoms with Gasteiger partial charge >= 0.3 is 0 Å². The SMILES string of the molecule is C/C(=N/NC(=O)[C@H](C)SCc1ccccc1)c1ccc2c(c1)[C@@H]1C=CC[C@@H]1[C@H](c1ccccc1Cl)N2. The van der Waals surface area contributed by atoms with Crippen LogP contribution in [0.5, 0.6) is 0 Å². The zero-order chi connectivity index (χ0) is 25.1. The number of amides is 1. The second-order valence-electron chi connectivity index (χ2n) is 9.41. The highest BCUT2D eigenvalue weighted by Crippen LogP contribution is 2.50. The van der Waals surface area contributed by atoms with Crippen LogP contribution in [-0.2, 0) is 10.5 Å². The lowest BCUT2D eigenvalue weighted by molar-refractivity contribution is -0.120. The maximum atomic E-state index is 12.6. The van der Waals surface area contributed by atoms with E-state index < -0.39 is 0 Å². The van der Waals surface area contributed by atoms with Crippen molar-refractivity contribution in [2.45, 2.75) is 43.2 Å². The zero-order valence-electron chi connectivity index (χ0n) is 20.4. The number of anilines is 1. The number of nitrogens with zero attached hydrogens (tertiary/aromatic N) is 1. The van der Waals surface area contributed by atoms with Crippen LogP contribution in [0.1, 0.15) is 54.5 Å². The third-order valence-electron chi connectivity index (χ3n) is 7.07. The Hall–Kier alpha value is -3.02. The Kier molecular flexibility index (Phi) is 7.49. The molecule has 0 saturated carbocycles. The fourth-order valence-electron chi connectivity index (χ4n) is 5.02. The molecule has 2 N–H and O–H groups in total. The number of allylic oxidation sites excluding steroid dienone is 2. The minimum absolute atomic E-state index is 0.0868. The van der Waals surface area contributed by atoms with E-state index >= 15 is 0 Å². The highest BCUT2D eigenvalue weighted by Gasteiger charge is 2.38. The van der Waals surface area contributed by atoms with E-state index in [9.17, 15) is 4.79 Å². The molecule has 5 rings (SSSR count). The number of carbonyl (C=O) groups is 1. The van der Waals surface area contributed by atoms with Gasteiger partial charge in [-0.2, -0.15) is 5.10 Å². The molecule has 0 fully saturated rings. The molecule has 2 aliphatic rings. The lowest BCUT2D eigenvalue weighted by atomic mass is 9.76. The molecule has 0 saturated heterocycles. The van der Waals surface area contributed by atoms with Crippen LogP contribution in [0.15, 0.2) is 90.0 Å². The van der Waals surface area contributed by atoms with Crippen LogP contribution in [0.2, 0.25) is 5.02 Å². The number of hydrazone groups is 1. The van der Waals surface area contributed by atoms with Crippen LogP contribution >= 0.6 is 23.4 Å². The Morgan fingerprint density at radius 1 is 1.11 bits per heavy atom. The van der Waals surface area contributed by atoms with Crippen LogP contribution < -0.4 is 10.7 Å². The number of nitrogens with one attached hydrogen (secondary N) is 2. The molecule has 0 spiro atoms. The van der Waals surface area contributed by atoms with Gasteiger partial charge in [0.15, 0.2) is 0 Å². The van der Waals surface area contributed by atoms with Crippen molar-refractivity contribution in [2.75, 3.05) is 5.32 Å². The molecule has 4 atom stereocenters. The number of halogens is 1. The van der Waals surface area contributed by atoms with Gasteiger partial charge in [0.05, 0.1) is 17.0 Å². The van der Waals surface area contributed by atoms with Gasteiger partial charge in [-0.25, -0.2) is 5.43 Å². The van der Waals surface area contributed by atoms with E-state index in [2.05, 4.69) is 64.4 Å². The van der Waals surface area contributed by atoms with E-state index in [1.165, 1.54) is 11.1 Å². The summed E-state index contributed by atoms with van der Waals surface area (Å²) in [5.74, 6) is 1.43. The predicted molar refractivity (Wildman–Crippen MR) is 152 cm³/mol. The monoisotopic (exact) mass is 515 g/mol. The highest BCUT2D eigenvalue weighted by atomic mass is 35.5. The molecule has 0 unspecified atom stereocenters. The molecule has 6 heteroatoms. The quantitative estimate of drug-likeness (QED) is 0.197. The largest absolute Gasteiger partial charge is 0.378 e. The van der Waals surface area contributed by atoms with E-state index in [1.807, 2.05) is 50.2 Å². The first-order chi connectivity index (χ1) is 17.5. The molecule has 1 aliphatic carbocycles. The average molecular weight is 516 g/mol. The summed E-state index contributed by atoms with van der Waals surface area (Å²) in [5, 5.41) is 8.78. The molecule has 1 heterocycles. The Bertz CT molecular complexity index is 1310. The fourth-order valence-corrected chi connectivity index (χ4v) is 6.11. The lowest BCUT2D eigenvalue weighted by Crippen LogP contribution is -2.29. The molecule has 0 radical (unpaired) electrons. The number of benzene rings is 3. The molecule has 3 aromatic rings. The van der Waals surface area contributed by atoms with E-state index in [4.69, 9.17) is 11.6 Å². The molecule has 4 nitrogen and oxygen atoms in total. The maximum Gasteiger partial charge on any atom is 0.252 e. The van der Waals surface area contributed by atoms with Crippen LogP contribution in [0.4, 0.5) is 5.69 Å². The van der Waals surface area contributed by atoms with Gasteiger partial charge in [-0.15, -0.1) is 11.8 Å². The molecule has 1 aliphatic heterocycles. The van der Waals surface area contributed by atoms with Crippen molar-refractivity contribution in [1.29, 1.82) is 0 Å². The highest BCUT2D eigenvalue weighted by molar-refractivity contribution is 7.99. The summed E-state index contributed by atoms with van der Waals surface area (Å²) in [5.41, 5.74) is 9.31. The predicted octanol–water partition coefficient (Wildman–Crippen LogP) is 7.33. The van der Waals surface area contributed by atoms with Crippen LogP contribution in [0.3, 0.4) is 0 Å². The van der Waals surface area contributed by atoms with Gasteiger partial charge < -0.3 is 5.32 Å². The summed E-state index contributed by atoms with van der Waals surface area (Å²) >= 11 is 8.17. The van der Waals surface area contributed by atoms with E-state index in [-0.39, 0.29) is 17.2 Å². The van der Waals surface area contributed by atoms with Gasteiger partial charge in [0.2, 0.25) is 0 Å². The minimum atomic E-state index is -0.194. The Morgan fingerprint density at radius 2 is 1.89 bits per heavy atom. The van der Waals surface area contributed by atoms with Gasteiger partial charge in [-0.05, 0) is 66.6 Å². The minimum Gasteiger partial charge on any atom is -0.378 e. The first-order valence-electron chi connectivity index (χ1n) is 12.3. The van der Waals surface area contributed by atoms with Gasteiger partial charge in [0.1, 0.15) is 0 Å². The van der Waals surface area contributed by atoms with E-state index in [0.717, 1.165) is 39.7 Å². The summed E-state index contributed by atoms with van der Waals surface area (Å²) in [6.45, 7) is 3.86. The number of carbonyl (C=O) groups excluding carboxylic acids is 1. The topological polar surface area (TPSA) is 53.5 Å². The number of fused-ring (bicyclic) bond motifs is 3. The Labute approximate surface area is 222 Å². The van der Waals surface area contributed by atoms with Crippen LogP contribution in [0.25, 0.3) is 0 Å². The Morgan fingerprint density at radius 3 is 2.69 bits per heavy atom. The summed E-state index contributed by atoms with van der Waals surface area (Å²) in [4.78, 5) is 12.6. The van der Waals surface area contributed by atoms with Crippen molar-refractivity contribution in [1.82, 2.24) is 5.43 Å². The van der Waals surface area contributed by atoms with Crippen molar-refractivity contribution in [3.05, 3.63) is 112 Å². The standard InChI is InChI=1S/C30H30ClN3OS/c1-19(33-34-30(35)20(2)36-18-21-9-4-3-5-10-21)22-15-16-28-26(17-22)23-12-8-13-24(23)29(32-28)25-11-6-7-14-27(25)31/h3-12,14-17,20,23-24,29,32H,13,18H2,1-2H3,(H,34,35)/b33-19-/t20-,23+,24-,29+/m0/s1. The van der Waals surface area contributed by atoms with E-state index in [1.54, 1.807) is 11.8 Å². The summed E-state index contributed by atoms with van der Waals surface area (Å²) in [6.07, 6.45) is 5.61. The lowest BCUT2D eigenvalue weighted by Gasteiger charge is -2.38. The summed E-state index contributed by atoms with van der Waals surface area (Å²) in [7, 11) is 0. The number of hydrogen-bond acceptors (Lipinski definition) is 4. The number of hydrogen-bond donors (Lipinski definition) is 2. The maximum absolute atomic E-state index is 12.6. The summed E-state index contributed by atoms with van der Waals surface area (Å²) < 4.78 is 0. The van der Waals surface area contributed by atoms with Gasteiger partial charge in [-0.3, -0.25) is 4.79 Å². The zero-order valence-corrected chi connectivity index (χ0v) is 22.0. The molecule has 36 heavy (non-hydrogen) atoms. The second-order valence-corrected chi connectivity index (χ2v) is 11.1. The number of thioether (sulfide) groups is 1. The van der Waals surface area contributed by atoms with Crippen molar-refractivity contribution in [2.24, 2.45) is 11.0 Å². The van der Waals surface area contributed by atoms with Crippen molar-refractivity contribution in [3.63, 3.8) is 0 Å². The molecule has 184 valence electrons. The normalized spacial score (nSPS) is 21.3. The van der Waals surface area contributed by atoms with Crippen molar-refractivity contribution < 1.29 is 4.79 Å². The third-order valence-corrected chi connectivity index (χ3v) is 8.62. The fraction of sp³-hybridized carbons (Fsp3) is 0.267. The molecular formula is C30H30ClN3OS. The first-order valence-corrected chi connectivity index (χ1v) is 13.8. The second kappa shape index (κ2) is 10.9. The van der Waals surface area contributed by atoms with Crippen molar-refractivity contribution in [3.8, 4) is 0 Å². The van der Waals surface area contributed by atoms with Gasteiger partial charge in [0.25, 0.3) is 5.91 Å². The van der Waals surface area contributed by atoms with Gasteiger partial charge in [-0.1, -0.05) is 78.4 Å². The molecule has 1 amide bonds. The molecule has 3 aromatic carbocycles. The average Bonchev–Trinajstić information content (AvgIpc) is 3.41. The molecule has 0 aromatic heterocycles. The first kappa shape index (κ1) is 24.7. The third kappa shape index (κ3) is 5.23. The Balaban J connectivity index is 1.28. The summed E-state index contributed by atoms with van der Waals surface area (Å²) in [6, 6.07) is 24.8. The van der Waals surface area contributed by atoms with Crippen LogP contribution in [-0.4, -0.2) is 16.9 Å². The number of rotatable bonds is 7. The molecular weight excluding hydrogens is 486 g/mol.